The minimum absolute atomic E-state index is 0.127. The summed E-state index contributed by atoms with van der Waals surface area (Å²) >= 11 is 0. The molecule has 29 heavy (non-hydrogen) atoms. The van der Waals surface area contributed by atoms with E-state index in [-0.39, 0.29) is 11.8 Å². The van der Waals surface area contributed by atoms with Crippen molar-refractivity contribution in [2.75, 3.05) is 17.7 Å². The second kappa shape index (κ2) is 7.64. The topological polar surface area (TPSA) is 67.4 Å². The number of ether oxygens (including phenoxy) is 1. The number of nitrogens with one attached hydrogen (secondary N) is 2. The van der Waals surface area contributed by atoms with E-state index >= 15 is 0 Å². The summed E-state index contributed by atoms with van der Waals surface area (Å²) in [5, 5.41) is 5.79. The lowest BCUT2D eigenvalue weighted by atomic mass is 10.0. The summed E-state index contributed by atoms with van der Waals surface area (Å²) in [7, 11) is 1.58. The molecule has 0 unspecified atom stereocenters. The van der Waals surface area contributed by atoms with Gasteiger partial charge in [-0.15, -0.1) is 0 Å². The molecule has 3 aromatic rings. The normalized spacial score (nSPS) is 13.7. The zero-order valence-electron chi connectivity index (χ0n) is 16.2. The van der Waals surface area contributed by atoms with Gasteiger partial charge >= 0.3 is 0 Å². The summed E-state index contributed by atoms with van der Waals surface area (Å²) in [6, 6.07) is 20.2. The lowest BCUT2D eigenvalue weighted by molar-refractivity contribution is -0.110. The van der Waals surface area contributed by atoms with Crippen LogP contribution in [-0.2, 0) is 4.79 Å². The van der Waals surface area contributed by atoms with Crippen LogP contribution in [0.15, 0.2) is 66.7 Å². The summed E-state index contributed by atoms with van der Waals surface area (Å²) in [4.78, 5) is 24.9. The van der Waals surface area contributed by atoms with E-state index in [1.54, 1.807) is 31.4 Å². The number of carbonyl (C=O) groups is 2. The maximum Gasteiger partial charge on any atom is 0.256 e. The van der Waals surface area contributed by atoms with Gasteiger partial charge < -0.3 is 15.4 Å². The molecule has 0 fully saturated rings. The second-order valence-corrected chi connectivity index (χ2v) is 6.87. The fraction of sp³-hybridized carbons (Fsp3) is 0.0833. The van der Waals surface area contributed by atoms with Gasteiger partial charge in [0, 0.05) is 28.1 Å². The number of fused-ring (bicyclic) bond motifs is 1. The number of benzene rings is 3. The number of anilines is 2. The van der Waals surface area contributed by atoms with E-state index in [1.165, 1.54) is 0 Å². The van der Waals surface area contributed by atoms with Crippen LogP contribution in [0, 0.1) is 6.92 Å². The highest BCUT2D eigenvalue weighted by Crippen LogP contribution is 2.34. The molecular weight excluding hydrogens is 364 g/mol. The standard InChI is InChI=1S/C24H20N2O3/c1-15-6-11-20-21(24(28)26-22(20)12-15)14-16-4-3-5-18(13-16)25-23(27)17-7-9-19(29-2)10-8-17/h3-14H,1-2H3,(H,25,27)(H,26,28)/b21-14-. The third-order valence-electron chi connectivity index (χ3n) is 4.77. The molecule has 0 spiro atoms. The molecule has 0 atom stereocenters. The SMILES string of the molecule is COc1ccc(C(=O)Nc2cccc(/C=C3\C(=O)Nc4cc(C)ccc43)c2)cc1. The van der Waals surface area contributed by atoms with Gasteiger partial charge in [-0.2, -0.15) is 0 Å². The van der Waals surface area contributed by atoms with Gasteiger partial charge in [0.15, 0.2) is 0 Å². The van der Waals surface area contributed by atoms with Crippen LogP contribution in [0.3, 0.4) is 0 Å². The van der Waals surface area contributed by atoms with Gasteiger partial charge in [-0.3, -0.25) is 9.59 Å². The molecule has 0 saturated carbocycles. The van der Waals surface area contributed by atoms with Crippen LogP contribution < -0.4 is 15.4 Å². The molecule has 5 nitrogen and oxygen atoms in total. The van der Waals surface area contributed by atoms with E-state index in [4.69, 9.17) is 4.74 Å². The smallest absolute Gasteiger partial charge is 0.256 e. The summed E-state index contributed by atoms with van der Waals surface area (Å²) in [6.45, 7) is 1.99. The number of aryl methyl sites for hydroxylation is 1. The van der Waals surface area contributed by atoms with Gasteiger partial charge in [0.25, 0.3) is 11.8 Å². The third kappa shape index (κ3) is 3.89. The third-order valence-corrected chi connectivity index (χ3v) is 4.77. The van der Waals surface area contributed by atoms with Crippen molar-refractivity contribution in [3.05, 3.63) is 89.0 Å². The first-order valence-electron chi connectivity index (χ1n) is 9.23. The molecule has 2 N–H and O–H groups in total. The van der Waals surface area contributed by atoms with Crippen molar-refractivity contribution in [1.82, 2.24) is 0 Å². The van der Waals surface area contributed by atoms with Crippen LogP contribution in [0.25, 0.3) is 11.6 Å². The largest absolute Gasteiger partial charge is 0.497 e. The Bertz CT molecular complexity index is 1130. The number of amides is 2. The van der Waals surface area contributed by atoms with Crippen LogP contribution in [0.2, 0.25) is 0 Å². The molecule has 5 heteroatoms. The number of hydrogen-bond donors (Lipinski definition) is 2. The van der Waals surface area contributed by atoms with Crippen LogP contribution in [0.1, 0.15) is 27.0 Å². The molecule has 0 aliphatic carbocycles. The molecule has 3 aromatic carbocycles. The van der Waals surface area contributed by atoms with Gasteiger partial charge in [-0.05, 0) is 66.6 Å². The minimum Gasteiger partial charge on any atom is -0.497 e. The molecule has 0 bridgehead atoms. The highest BCUT2D eigenvalue weighted by molar-refractivity contribution is 6.35. The Morgan fingerprint density at radius 3 is 2.59 bits per heavy atom. The van der Waals surface area contributed by atoms with Gasteiger partial charge in [0.05, 0.1) is 7.11 Å². The van der Waals surface area contributed by atoms with Crippen LogP contribution >= 0.6 is 0 Å². The molecule has 1 aliphatic rings. The van der Waals surface area contributed by atoms with Crippen molar-refractivity contribution in [1.29, 1.82) is 0 Å². The first-order chi connectivity index (χ1) is 14.0. The molecule has 144 valence electrons. The molecule has 1 aliphatic heterocycles. The zero-order chi connectivity index (χ0) is 20.4. The fourth-order valence-corrected chi connectivity index (χ4v) is 3.27. The van der Waals surface area contributed by atoms with E-state index in [9.17, 15) is 9.59 Å². The Hall–Kier alpha value is -3.86. The highest BCUT2D eigenvalue weighted by atomic mass is 16.5. The van der Waals surface area contributed by atoms with Gasteiger partial charge in [-0.1, -0.05) is 24.3 Å². The number of methoxy groups -OCH3 is 1. The van der Waals surface area contributed by atoms with Crippen molar-refractivity contribution < 1.29 is 14.3 Å². The van der Waals surface area contributed by atoms with Crippen LogP contribution in [-0.4, -0.2) is 18.9 Å². The van der Waals surface area contributed by atoms with E-state index in [2.05, 4.69) is 10.6 Å². The number of hydrogen-bond acceptors (Lipinski definition) is 3. The summed E-state index contributed by atoms with van der Waals surface area (Å²) < 4.78 is 5.12. The molecule has 4 rings (SSSR count). The quantitative estimate of drug-likeness (QED) is 0.638. The lowest BCUT2D eigenvalue weighted by Crippen LogP contribution is -2.11. The minimum atomic E-state index is -0.211. The summed E-state index contributed by atoms with van der Waals surface area (Å²) in [6.07, 6.45) is 1.83. The van der Waals surface area contributed by atoms with Gasteiger partial charge in [0.1, 0.15) is 5.75 Å². The maximum absolute atomic E-state index is 12.5. The van der Waals surface area contributed by atoms with Crippen molar-refractivity contribution in [2.24, 2.45) is 0 Å². The van der Waals surface area contributed by atoms with E-state index in [1.807, 2.05) is 55.5 Å². The van der Waals surface area contributed by atoms with Crippen molar-refractivity contribution in [2.45, 2.75) is 6.92 Å². The number of rotatable bonds is 4. The average Bonchev–Trinajstić information content (AvgIpc) is 3.02. The fourth-order valence-electron chi connectivity index (χ4n) is 3.27. The zero-order valence-corrected chi connectivity index (χ0v) is 16.2. The highest BCUT2D eigenvalue weighted by Gasteiger charge is 2.23. The Balaban J connectivity index is 1.57. The van der Waals surface area contributed by atoms with Crippen molar-refractivity contribution in [3.8, 4) is 5.75 Å². The summed E-state index contributed by atoms with van der Waals surface area (Å²) in [5.74, 6) is 0.357. The second-order valence-electron chi connectivity index (χ2n) is 6.87. The lowest BCUT2D eigenvalue weighted by Gasteiger charge is -2.07. The van der Waals surface area contributed by atoms with E-state index < -0.39 is 0 Å². The molecule has 0 radical (unpaired) electrons. The Kier molecular flexibility index (Phi) is 4.87. The Morgan fingerprint density at radius 2 is 1.83 bits per heavy atom. The van der Waals surface area contributed by atoms with Gasteiger partial charge in [0.2, 0.25) is 0 Å². The monoisotopic (exact) mass is 384 g/mol. The molecule has 0 saturated heterocycles. The van der Waals surface area contributed by atoms with Crippen molar-refractivity contribution in [3.63, 3.8) is 0 Å². The molecular formula is C24H20N2O3. The molecule has 0 aromatic heterocycles. The van der Waals surface area contributed by atoms with Crippen LogP contribution in [0.5, 0.6) is 5.75 Å². The summed E-state index contributed by atoms with van der Waals surface area (Å²) in [5.41, 5.74) is 5.43. The van der Waals surface area contributed by atoms with Gasteiger partial charge in [-0.25, -0.2) is 0 Å². The Labute approximate surface area is 169 Å². The van der Waals surface area contributed by atoms with E-state index in [0.717, 1.165) is 22.4 Å². The maximum atomic E-state index is 12.5. The average molecular weight is 384 g/mol. The predicted octanol–water partition coefficient (Wildman–Crippen LogP) is 4.75. The predicted molar refractivity (Wildman–Crippen MR) is 115 cm³/mol. The van der Waals surface area contributed by atoms with Crippen molar-refractivity contribution >= 4 is 34.8 Å². The first-order valence-corrected chi connectivity index (χ1v) is 9.23. The van der Waals surface area contributed by atoms with E-state index in [0.29, 0.717) is 22.6 Å². The molecule has 2 amide bonds. The van der Waals surface area contributed by atoms with Crippen LogP contribution in [0.4, 0.5) is 11.4 Å². The first kappa shape index (κ1) is 18.5. The molecule has 1 heterocycles. The Morgan fingerprint density at radius 1 is 1.03 bits per heavy atom. The number of carbonyl (C=O) groups excluding carboxylic acids is 2.